The Balaban J connectivity index is 1.87. The van der Waals surface area contributed by atoms with Crippen LogP contribution in [0.15, 0.2) is 61.2 Å². The Labute approximate surface area is 155 Å². The van der Waals surface area contributed by atoms with Crippen molar-refractivity contribution < 1.29 is 4.79 Å². The van der Waals surface area contributed by atoms with Crippen LogP contribution in [-0.4, -0.2) is 24.9 Å². The largest absolute Gasteiger partial charge is 0.329 e. The predicted octanol–water partition coefficient (Wildman–Crippen LogP) is 4.65. The molecule has 2 aromatic rings. The normalized spacial score (nSPS) is 12.8. The monoisotopic (exact) mass is 350 g/mol. The first kappa shape index (κ1) is 19.4. The fourth-order valence-electron chi connectivity index (χ4n) is 2.42. The van der Waals surface area contributed by atoms with E-state index in [4.69, 9.17) is 0 Å². The van der Waals surface area contributed by atoms with Crippen LogP contribution in [-0.2, 0) is 4.79 Å². The molecule has 2 heterocycles. The van der Waals surface area contributed by atoms with E-state index in [1.807, 2.05) is 36.7 Å². The minimum Gasteiger partial charge on any atom is -0.329 e. The third-order valence-electron chi connectivity index (χ3n) is 3.74. The maximum absolute atomic E-state index is 11.8. The molecule has 136 valence electrons. The van der Waals surface area contributed by atoms with Crippen molar-refractivity contribution in [3.63, 3.8) is 0 Å². The van der Waals surface area contributed by atoms with Crippen molar-refractivity contribution in [3.8, 4) is 0 Å². The van der Waals surface area contributed by atoms with Gasteiger partial charge in [0.15, 0.2) is 5.78 Å². The average Bonchev–Trinajstić information content (AvgIpc) is 3.24. The Kier molecular flexibility index (Phi) is 7.09. The maximum atomic E-state index is 11.8. The summed E-state index contributed by atoms with van der Waals surface area (Å²) in [6, 6.07) is 0.701. The summed E-state index contributed by atoms with van der Waals surface area (Å²) in [5, 5.41) is 0. The first-order valence-electron chi connectivity index (χ1n) is 8.78. The van der Waals surface area contributed by atoms with Gasteiger partial charge in [0.2, 0.25) is 0 Å². The molecule has 2 aromatic heterocycles. The van der Waals surface area contributed by atoms with Crippen LogP contribution in [0.3, 0.4) is 0 Å². The molecule has 0 aliphatic heterocycles. The highest BCUT2D eigenvalue weighted by atomic mass is 16.1. The highest BCUT2D eigenvalue weighted by Crippen LogP contribution is 2.10. The summed E-state index contributed by atoms with van der Waals surface area (Å²) in [5.74, 6) is 1.67. The lowest BCUT2D eigenvalue weighted by Gasteiger charge is -2.07. The second kappa shape index (κ2) is 9.51. The standard InChI is InChI=1S/C21H26N4O/c1-17(2)24-15-13-22-20(24)11-7-5-9-19(26)10-6-8-12-21-23-14-16-25(21)18(3)4/h5-18H,1-4H3/b9-5+,10-6+,11-7+,12-8+. The molecule has 0 bridgehead atoms. The van der Waals surface area contributed by atoms with E-state index < -0.39 is 0 Å². The number of ketones is 1. The molecular weight excluding hydrogens is 324 g/mol. The van der Waals surface area contributed by atoms with Crippen molar-refractivity contribution in [2.45, 2.75) is 39.8 Å². The molecule has 0 amide bonds. The highest BCUT2D eigenvalue weighted by Gasteiger charge is 2.02. The molecule has 0 saturated carbocycles. The molecule has 5 heteroatoms. The van der Waals surface area contributed by atoms with E-state index in [-0.39, 0.29) is 5.78 Å². The second-order valence-corrected chi connectivity index (χ2v) is 6.41. The molecule has 0 radical (unpaired) electrons. The highest BCUT2D eigenvalue weighted by molar-refractivity contribution is 5.99. The lowest BCUT2D eigenvalue weighted by molar-refractivity contribution is -0.110. The Bertz CT molecular complexity index is 764. The van der Waals surface area contributed by atoms with Crippen molar-refractivity contribution in [2.75, 3.05) is 0 Å². The molecule has 5 nitrogen and oxygen atoms in total. The van der Waals surface area contributed by atoms with E-state index in [1.54, 1.807) is 24.5 Å². The van der Waals surface area contributed by atoms with E-state index in [0.717, 1.165) is 11.6 Å². The number of aromatic nitrogens is 4. The molecule has 26 heavy (non-hydrogen) atoms. The van der Waals surface area contributed by atoms with Crippen LogP contribution in [0.25, 0.3) is 12.2 Å². The van der Waals surface area contributed by atoms with Crippen molar-refractivity contribution in [1.82, 2.24) is 19.1 Å². The summed E-state index contributed by atoms with van der Waals surface area (Å²) in [4.78, 5) is 20.4. The number of carbonyl (C=O) groups excluding carboxylic acids is 1. The van der Waals surface area contributed by atoms with Gasteiger partial charge in [-0.25, -0.2) is 9.97 Å². The summed E-state index contributed by atoms with van der Waals surface area (Å²) >= 11 is 0. The number of hydrogen-bond donors (Lipinski definition) is 0. The van der Waals surface area contributed by atoms with Crippen LogP contribution in [0, 0.1) is 0 Å². The number of allylic oxidation sites excluding steroid dienone is 6. The average molecular weight is 350 g/mol. The summed E-state index contributed by atoms with van der Waals surface area (Å²) in [6.45, 7) is 8.41. The van der Waals surface area contributed by atoms with Gasteiger partial charge in [0, 0.05) is 36.9 Å². The fourth-order valence-corrected chi connectivity index (χ4v) is 2.42. The second-order valence-electron chi connectivity index (χ2n) is 6.41. The van der Waals surface area contributed by atoms with E-state index >= 15 is 0 Å². The van der Waals surface area contributed by atoms with Crippen LogP contribution in [0.2, 0.25) is 0 Å². The third kappa shape index (κ3) is 5.55. The van der Waals surface area contributed by atoms with E-state index in [9.17, 15) is 4.79 Å². The maximum Gasteiger partial charge on any atom is 0.178 e. The number of rotatable bonds is 8. The Morgan fingerprint density at radius 1 is 0.808 bits per heavy atom. The molecule has 0 spiro atoms. The van der Waals surface area contributed by atoms with E-state index in [1.165, 1.54) is 12.2 Å². The minimum absolute atomic E-state index is 0.0706. The minimum atomic E-state index is -0.0706. The van der Waals surface area contributed by atoms with Crippen molar-refractivity contribution in [1.29, 1.82) is 0 Å². The van der Waals surface area contributed by atoms with Gasteiger partial charge in [-0.2, -0.15) is 0 Å². The number of nitrogens with zero attached hydrogens (tertiary/aromatic N) is 4. The van der Waals surface area contributed by atoms with Crippen molar-refractivity contribution in [2.24, 2.45) is 0 Å². The van der Waals surface area contributed by atoms with Crippen molar-refractivity contribution in [3.05, 3.63) is 72.9 Å². The lowest BCUT2D eigenvalue weighted by atomic mass is 10.3. The van der Waals surface area contributed by atoms with Gasteiger partial charge in [-0.1, -0.05) is 24.3 Å². The molecule has 0 aliphatic rings. The molecule has 0 atom stereocenters. The third-order valence-corrected chi connectivity index (χ3v) is 3.74. The quantitative estimate of drug-likeness (QED) is 0.514. The summed E-state index contributed by atoms with van der Waals surface area (Å²) in [7, 11) is 0. The predicted molar refractivity (Wildman–Crippen MR) is 107 cm³/mol. The smallest absolute Gasteiger partial charge is 0.178 e. The van der Waals surface area contributed by atoms with Gasteiger partial charge in [0.05, 0.1) is 0 Å². The summed E-state index contributed by atoms with van der Waals surface area (Å²) in [5.41, 5.74) is 0. The zero-order valence-electron chi connectivity index (χ0n) is 15.8. The van der Waals surface area contributed by atoms with Gasteiger partial charge < -0.3 is 9.13 Å². The van der Waals surface area contributed by atoms with Gasteiger partial charge in [0.1, 0.15) is 11.6 Å². The number of carbonyl (C=O) groups is 1. The SMILES string of the molecule is CC(C)n1ccnc1/C=C/C=C/C(=O)/C=C/C=C/c1nccn1C(C)C. The summed E-state index contributed by atoms with van der Waals surface area (Å²) < 4.78 is 4.13. The van der Waals surface area contributed by atoms with Crippen LogP contribution in [0.4, 0.5) is 0 Å². The van der Waals surface area contributed by atoms with Gasteiger partial charge in [-0.3, -0.25) is 4.79 Å². The molecule has 2 rings (SSSR count). The van der Waals surface area contributed by atoms with Gasteiger partial charge >= 0.3 is 0 Å². The van der Waals surface area contributed by atoms with Gasteiger partial charge in [-0.05, 0) is 52.0 Å². The summed E-state index contributed by atoms with van der Waals surface area (Å²) in [6.07, 6.45) is 21.3. The number of hydrogen-bond acceptors (Lipinski definition) is 3. The van der Waals surface area contributed by atoms with Gasteiger partial charge in [-0.15, -0.1) is 0 Å². The van der Waals surface area contributed by atoms with E-state index in [2.05, 4.69) is 46.8 Å². The van der Waals surface area contributed by atoms with Crippen LogP contribution < -0.4 is 0 Å². The number of imidazole rings is 2. The topological polar surface area (TPSA) is 52.7 Å². The fraction of sp³-hybridized carbons (Fsp3) is 0.286. The van der Waals surface area contributed by atoms with E-state index in [0.29, 0.717) is 12.1 Å². The first-order chi connectivity index (χ1) is 12.5. The Morgan fingerprint density at radius 2 is 1.23 bits per heavy atom. The van der Waals surface area contributed by atoms with Crippen molar-refractivity contribution >= 4 is 17.9 Å². The lowest BCUT2D eigenvalue weighted by Crippen LogP contribution is -2.01. The molecule has 0 fully saturated rings. The molecule has 0 N–H and O–H groups in total. The molecule has 0 saturated heterocycles. The first-order valence-corrected chi connectivity index (χ1v) is 8.78. The Morgan fingerprint density at radius 3 is 1.62 bits per heavy atom. The zero-order chi connectivity index (χ0) is 18.9. The van der Waals surface area contributed by atoms with Crippen LogP contribution >= 0.6 is 0 Å². The van der Waals surface area contributed by atoms with Gasteiger partial charge in [0.25, 0.3) is 0 Å². The molecule has 0 aromatic carbocycles. The molecule has 0 unspecified atom stereocenters. The zero-order valence-corrected chi connectivity index (χ0v) is 15.8. The van der Waals surface area contributed by atoms with Crippen LogP contribution in [0.1, 0.15) is 51.4 Å². The Hall–Kier alpha value is -2.95. The molecular formula is C21H26N4O. The van der Waals surface area contributed by atoms with Crippen LogP contribution in [0.5, 0.6) is 0 Å². The molecule has 0 aliphatic carbocycles.